The van der Waals surface area contributed by atoms with Crippen molar-refractivity contribution in [2.75, 3.05) is 32.9 Å². The number of hydrogen-bond donors (Lipinski definition) is 2. The molecule has 2 fully saturated rings. The summed E-state index contributed by atoms with van der Waals surface area (Å²) in [5.74, 6) is -5.22. The molecule has 0 aromatic carbocycles. The zero-order chi connectivity index (χ0) is 30.1. The largest absolute Gasteiger partial charge is 0.490 e. The monoisotopic (exact) mass is 581 g/mol. The topological polar surface area (TPSA) is 139 Å². The van der Waals surface area contributed by atoms with Crippen LogP contribution in [-0.2, 0) is 25.7 Å². The Morgan fingerprint density at radius 1 is 1.05 bits per heavy atom. The fourth-order valence-electron chi connectivity index (χ4n) is 3.86. The molecule has 40 heavy (non-hydrogen) atoms. The number of fused-ring (bicyclic) bond motifs is 1. The lowest BCUT2D eigenvalue weighted by Crippen LogP contribution is -2.37. The van der Waals surface area contributed by atoms with Gasteiger partial charge in [-0.3, -0.25) is 9.78 Å². The maximum Gasteiger partial charge on any atom is 0.490 e. The van der Waals surface area contributed by atoms with Crippen LogP contribution in [0.1, 0.15) is 21.9 Å². The minimum atomic E-state index is -5.08. The van der Waals surface area contributed by atoms with E-state index >= 15 is 0 Å². The molecule has 2 saturated heterocycles. The van der Waals surface area contributed by atoms with Gasteiger partial charge < -0.3 is 24.6 Å². The number of likely N-dealkylation sites (tertiary alicyclic amines) is 1. The van der Waals surface area contributed by atoms with Crippen molar-refractivity contribution in [2.45, 2.75) is 25.9 Å². The lowest BCUT2D eigenvalue weighted by molar-refractivity contribution is -0.193. The Bertz CT molecular complexity index is 1140. The minimum Gasteiger partial charge on any atom is -0.475 e. The summed E-state index contributed by atoms with van der Waals surface area (Å²) in [6.45, 7) is 5.59. The lowest BCUT2D eigenvalue weighted by atomic mass is 9.82. The van der Waals surface area contributed by atoms with Crippen LogP contribution in [0.3, 0.4) is 0 Å². The highest BCUT2D eigenvalue weighted by Gasteiger charge is 2.52. The number of aliphatic carboxylic acids is 2. The first-order valence-electron chi connectivity index (χ1n) is 11.4. The van der Waals surface area contributed by atoms with Crippen molar-refractivity contribution in [1.82, 2.24) is 14.9 Å². The number of hydrogen-bond acceptors (Lipinski definition) is 7. The van der Waals surface area contributed by atoms with Gasteiger partial charge in [0.2, 0.25) is 0 Å². The Labute approximate surface area is 223 Å². The molecule has 0 aliphatic carbocycles. The number of amides is 1. The summed E-state index contributed by atoms with van der Waals surface area (Å²) in [6.07, 6.45) is -8.40. The highest BCUT2D eigenvalue weighted by Crippen LogP contribution is 2.42. The lowest BCUT2D eigenvalue weighted by Gasteiger charge is -2.26. The first-order valence-corrected chi connectivity index (χ1v) is 11.4. The average Bonchev–Trinajstić information content (AvgIpc) is 3.41. The molecule has 0 radical (unpaired) electrons. The minimum absolute atomic E-state index is 0.00722. The second-order valence-corrected chi connectivity index (χ2v) is 8.84. The fraction of sp³-hybridized carbons (Fsp3) is 0.458. The van der Waals surface area contributed by atoms with Gasteiger partial charge in [-0.15, -0.1) is 0 Å². The van der Waals surface area contributed by atoms with Crippen LogP contribution in [0.25, 0.3) is 0 Å². The fourth-order valence-corrected chi connectivity index (χ4v) is 3.86. The number of nitrogens with zero attached hydrogens (tertiary/aromatic N) is 3. The van der Waals surface area contributed by atoms with Crippen LogP contribution in [0.15, 0.2) is 42.6 Å². The third-order valence-corrected chi connectivity index (χ3v) is 5.77. The van der Waals surface area contributed by atoms with Gasteiger partial charge >= 0.3 is 24.3 Å². The highest BCUT2D eigenvalue weighted by molar-refractivity contribution is 5.92. The molecule has 0 unspecified atom stereocenters. The van der Waals surface area contributed by atoms with Gasteiger partial charge in [-0.05, 0) is 31.2 Å². The van der Waals surface area contributed by atoms with E-state index in [9.17, 15) is 31.1 Å². The van der Waals surface area contributed by atoms with Gasteiger partial charge in [-0.2, -0.15) is 26.3 Å². The molecule has 1 amide bonds. The molecule has 2 aliphatic heterocycles. The number of rotatable bonds is 5. The number of carbonyl (C=O) groups excluding carboxylic acids is 1. The molecule has 0 saturated carbocycles. The van der Waals surface area contributed by atoms with E-state index < -0.39 is 24.3 Å². The number of halogens is 6. The third kappa shape index (κ3) is 9.44. The van der Waals surface area contributed by atoms with Crippen LogP contribution in [0.5, 0.6) is 0 Å². The molecular formula is C24H25F6N3O7. The van der Waals surface area contributed by atoms with Gasteiger partial charge in [0.25, 0.3) is 5.91 Å². The number of carboxylic acids is 2. The van der Waals surface area contributed by atoms with Crippen molar-refractivity contribution in [2.24, 2.45) is 11.3 Å². The Kier molecular flexibility index (Phi) is 11.0. The number of aromatic nitrogens is 2. The second-order valence-electron chi connectivity index (χ2n) is 8.84. The number of carbonyl (C=O) groups is 3. The third-order valence-electron chi connectivity index (χ3n) is 5.77. The van der Waals surface area contributed by atoms with Crippen molar-refractivity contribution >= 4 is 17.8 Å². The summed E-state index contributed by atoms with van der Waals surface area (Å²) in [6, 6.07) is 11.4. The van der Waals surface area contributed by atoms with Gasteiger partial charge in [0.1, 0.15) is 5.69 Å². The van der Waals surface area contributed by atoms with E-state index in [2.05, 4.69) is 9.97 Å². The van der Waals surface area contributed by atoms with Crippen LogP contribution < -0.4 is 0 Å². The van der Waals surface area contributed by atoms with Crippen LogP contribution >= 0.6 is 0 Å². The molecule has 0 spiro atoms. The normalized spacial score (nSPS) is 20.0. The number of aryl methyl sites for hydroxylation is 1. The van der Waals surface area contributed by atoms with Gasteiger partial charge in [-0.25, -0.2) is 14.6 Å². The first kappa shape index (κ1) is 32.4. The average molecular weight is 581 g/mol. The molecule has 220 valence electrons. The Hall–Kier alpha value is -3.79. The Balaban J connectivity index is 0.000000333. The van der Waals surface area contributed by atoms with Crippen molar-refractivity contribution in [3.8, 4) is 0 Å². The van der Waals surface area contributed by atoms with Gasteiger partial charge in [0.15, 0.2) is 0 Å². The van der Waals surface area contributed by atoms with Crippen LogP contribution in [0, 0.1) is 18.3 Å². The van der Waals surface area contributed by atoms with Crippen LogP contribution in [-0.4, -0.2) is 88.2 Å². The quantitative estimate of drug-likeness (QED) is 0.509. The zero-order valence-corrected chi connectivity index (χ0v) is 20.9. The summed E-state index contributed by atoms with van der Waals surface area (Å²) in [7, 11) is 0. The Morgan fingerprint density at radius 3 is 2.20 bits per heavy atom. The molecule has 10 nitrogen and oxygen atoms in total. The summed E-state index contributed by atoms with van der Waals surface area (Å²) < 4.78 is 75.2. The maximum atomic E-state index is 12.8. The maximum absolute atomic E-state index is 12.8. The van der Waals surface area contributed by atoms with Crippen molar-refractivity contribution in [1.29, 1.82) is 0 Å². The molecule has 2 atom stereocenters. The Morgan fingerprint density at radius 2 is 1.68 bits per heavy atom. The van der Waals surface area contributed by atoms with E-state index in [0.29, 0.717) is 51.1 Å². The molecule has 4 rings (SSSR count). The predicted octanol–water partition coefficient (Wildman–Crippen LogP) is 3.36. The molecule has 2 aromatic rings. The molecule has 4 heterocycles. The molecule has 2 aromatic heterocycles. The van der Waals surface area contributed by atoms with Crippen molar-refractivity contribution in [3.63, 3.8) is 0 Å². The number of carboxylic acid groups (broad SMARTS) is 2. The van der Waals surface area contributed by atoms with Crippen molar-refractivity contribution in [3.05, 3.63) is 59.7 Å². The molecular weight excluding hydrogens is 556 g/mol. The number of ether oxygens (including phenoxy) is 2. The van der Waals surface area contributed by atoms with Crippen molar-refractivity contribution < 1.29 is 60.4 Å². The van der Waals surface area contributed by atoms with E-state index in [1.807, 2.05) is 42.2 Å². The second kappa shape index (κ2) is 13.5. The van der Waals surface area contributed by atoms with E-state index in [4.69, 9.17) is 29.3 Å². The molecule has 2 N–H and O–H groups in total. The van der Waals surface area contributed by atoms with E-state index in [1.54, 1.807) is 12.3 Å². The molecule has 2 aliphatic rings. The zero-order valence-electron chi connectivity index (χ0n) is 20.9. The molecule has 16 heteroatoms. The number of alkyl halides is 6. The van der Waals surface area contributed by atoms with Gasteiger partial charge in [-0.1, -0.05) is 12.1 Å². The SMILES string of the molecule is Cc1cccc(C(=O)N2C[C@@H]3COC[C@]3(COCc3ccccn3)C2)n1.O=C(O)C(F)(F)F.O=C(O)C(F)(F)F. The summed E-state index contributed by atoms with van der Waals surface area (Å²) in [5.41, 5.74) is 2.14. The van der Waals surface area contributed by atoms with Crippen LogP contribution in [0.2, 0.25) is 0 Å². The van der Waals surface area contributed by atoms with Gasteiger partial charge in [0.05, 0.1) is 32.1 Å². The summed E-state index contributed by atoms with van der Waals surface area (Å²) in [5, 5.41) is 14.2. The summed E-state index contributed by atoms with van der Waals surface area (Å²) in [4.78, 5) is 41.2. The smallest absolute Gasteiger partial charge is 0.475 e. The van der Waals surface area contributed by atoms with E-state index in [0.717, 1.165) is 11.4 Å². The summed E-state index contributed by atoms with van der Waals surface area (Å²) >= 11 is 0. The predicted molar refractivity (Wildman–Crippen MR) is 123 cm³/mol. The van der Waals surface area contributed by atoms with E-state index in [-0.39, 0.29) is 11.3 Å². The van der Waals surface area contributed by atoms with E-state index in [1.165, 1.54) is 0 Å². The highest BCUT2D eigenvalue weighted by atomic mass is 19.4. The first-order chi connectivity index (χ1) is 18.5. The number of pyridine rings is 2. The van der Waals surface area contributed by atoms with Crippen LogP contribution in [0.4, 0.5) is 26.3 Å². The standard InChI is InChI=1S/C20H23N3O3.2C2HF3O2/c1-15-5-4-7-18(22-15)19(24)23-9-16-10-25-13-20(16,12-23)14-26-11-17-6-2-3-8-21-17;2*3-2(4,5)1(6)7/h2-8,16H,9-14H2,1H3;2*(H,6,7)/t16-,20+;;/m1../s1. The van der Waals surface area contributed by atoms with Gasteiger partial charge in [0, 0.05) is 36.3 Å². The molecule has 0 bridgehead atoms.